The van der Waals surface area contributed by atoms with Crippen LogP contribution in [0.4, 0.5) is 9.52 Å². The van der Waals surface area contributed by atoms with Gasteiger partial charge in [-0.25, -0.2) is 14.2 Å². The van der Waals surface area contributed by atoms with Crippen LogP contribution in [0.15, 0.2) is 36.4 Å². The van der Waals surface area contributed by atoms with Gasteiger partial charge in [0.1, 0.15) is 5.84 Å². The molecule has 2 aromatic carbocycles. The van der Waals surface area contributed by atoms with Gasteiger partial charge in [-0.1, -0.05) is 11.3 Å². The van der Waals surface area contributed by atoms with Crippen LogP contribution in [-0.4, -0.2) is 43.0 Å². The molecule has 0 amide bonds. The molecule has 8 nitrogen and oxygen atoms in total. The van der Waals surface area contributed by atoms with E-state index in [1.165, 1.54) is 30.6 Å². The third-order valence-corrected chi connectivity index (χ3v) is 6.44. The maximum absolute atomic E-state index is 14.2. The molecule has 3 aromatic rings. The highest BCUT2D eigenvalue weighted by Crippen LogP contribution is 2.32. The molecule has 0 spiro atoms. The molecule has 0 aliphatic carbocycles. The molecule has 1 fully saturated rings. The predicted molar refractivity (Wildman–Crippen MR) is 119 cm³/mol. The number of benzene rings is 2. The molecule has 0 atom stereocenters. The lowest BCUT2D eigenvalue weighted by molar-refractivity contribution is -0.146. The maximum Gasteiger partial charge on any atom is 0.343 e. The fraction of sp³-hybridized carbons (Fsp3) is 0.273. The number of methoxy groups -OCH3 is 1. The summed E-state index contributed by atoms with van der Waals surface area (Å²) in [5.74, 6) is -2.25. The number of ether oxygens (including phenoxy) is 2. The Morgan fingerprint density at radius 2 is 1.91 bits per heavy atom. The highest BCUT2D eigenvalue weighted by atomic mass is 32.1. The number of hydrogen-bond donors (Lipinski definition) is 2. The average molecular weight is 456 g/mol. The number of esters is 2. The Bertz CT molecular complexity index is 1200. The normalized spacial score (nSPS) is 14.4. The molecule has 4 rings (SSSR count). The standard InChI is InChI=1S/C22H21FN4O4S/c1-30-20(28)12-6-8-27(9-7-12)22-26-16-4-2-14(11-18(16)32-22)21(29)31-17-5-3-13(19(24)25)10-15(17)23/h2-5,10-12H,6-9H2,1H3,(H3,24,25). The Hall–Kier alpha value is -3.53. The van der Waals surface area contributed by atoms with Crippen LogP contribution in [0.1, 0.15) is 28.8 Å². The summed E-state index contributed by atoms with van der Waals surface area (Å²) in [6.07, 6.45) is 1.41. The first-order chi connectivity index (χ1) is 15.4. The fourth-order valence-electron chi connectivity index (χ4n) is 3.56. The number of nitrogen functional groups attached to an aromatic ring is 1. The van der Waals surface area contributed by atoms with Gasteiger partial charge in [-0.05, 0) is 49.2 Å². The van der Waals surface area contributed by atoms with E-state index in [4.69, 9.17) is 20.6 Å². The minimum atomic E-state index is -0.775. The second-order valence-electron chi connectivity index (χ2n) is 7.41. The second kappa shape index (κ2) is 8.91. The molecule has 0 radical (unpaired) electrons. The molecule has 3 N–H and O–H groups in total. The summed E-state index contributed by atoms with van der Waals surface area (Å²) in [5, 5.41) is 8.16. The lowest BCUT2D eigenvalue weighted by Gasteiger charge is -2.30. The molecular weight excluding hydrogens is 435 g/mol. The van der Waals surface area contributed by atoms with Gasteiger partial charge < -0.3 is 20.1 Å². The Kier molecular flexibility index (Phi) is 6.04. The number of anilines is 1. The largest absolute Gasteiger partial charge is 0.469 e. The van der Waals surface area contributed by atoms with Gasteiger partial charge in [0.25, 0.3) is 0 Å². The fourth-order valence-corrected chi connectivity index (χ4v) is 4.61. The summed E-state index contributed by atoms with van der Waals surface area (Å²) >= 11 is 1.44. The van der Waals surface area contributed by atoms with E-state index < -0.39 is 11.8 Å². The quantitative estimate of drug-likeness (QED) is 0.262. The molecule has 0 unspecified atom stereocenters. The Morgan fingerprint density at radius 1 is 1.19 bits per heavy atom. The van der Waals surface area contributed by atoms with E-state index in [9.17, 15) is 14.0 Å². The molecule has 1 saturated heterocycles. The topological polar surface area (TPSA) is 119 Å². The van der Waals surface area contributed by atoms with Crippen molar-refractivity contribution >= 4 is 44.5 Å². The SMILES string of the molecule is COC(=O)C1CCN(c2nc3ccc(C(=O)Oc4ccc(C(=N)N)cc4F)cc3s2)CC1. The minimum Gasteiger partial charge on any atom is -0.469 e. The molecule has 1 aliphatic rings. The van der Waals surface area contributed by atoms with Gasteiger partial charge in [0.2, 0.25) is 0 Å². The average Bonchev–Trinajstić information content (AvgIpc) is 3.23. The molecule has 32 heavy (non-hydrogen) atoms. The van der Waals surface area contributed by atoms with Gasteiger partial charge in [0, 0.05) is 18.7 Å². The number of piperidine rings is 1. The highest BCUT2D eigenvalue weighted by Gasteiger charge is 2.27. The summed E-state index contributed by atoms with van der Waals surface area (Å²) in [6.45, 7) is 1.40. The lowest BCUT2D eigenvalue weighted by atomic mass is 9.97. The van der Waals surface area contributed by atoms with Crippen LogP contribution in [0.25, 0.3) is 10.2 Å². The third-order valence-electron chi connectivity index (χ3n) is 5.36. The number of aromatic nitrogens is 1. The number of amidine groups is 1. The summed E-state index contributed by atoms with van der Waals surface area (Å²) in [7, 11) is 1.40. The zero-order chi connectivity index (χ0) is 22.8. The van der Waals surface area contributed by atoms with Crippen LogP contribution in [0, 0.1) is 17.1 Å². The van der Waals surface area contributed by atoms with Crippen molar-refractivity contribution in [1.82, 2.24) is 4.98 Å². The smallest absolute Gasteiger partial charge is 0.343 e. The van der Waals surface area contributed by atoms with Crippen LogP contribution in [0.3, 0.4) is 0 Å². The summed E-state index contributed by atoms with van der Waals surface area (Å²) in [6, 6.07) is 8.71. The number of rotatable bonds is 5. The number of halogens is 1. The monoisotopic (exact) mass is 456 g/mol. The van der Waals surface area contributed by atoms with E-state index in [0.717, 1.165) is 21.4 Å². The van der Waals surface area contributed by atoms with Crippen molar-refractivity contribution in [3.63, 3.8) is 0 Å². The molecule has 166 valence electrons. The molecule has 1 aliphatic heterocycles. The van der Waals surface area contributed by atoms with Gasteiger partial charge in [0.05, 0.1) is 28.8 Å². The Morgan fingerprint density at radius 3 is 2.56 bits per heavy atom. The third kappa shape index (κ3) is 4.40. The Balaban J connectivity index is 1.48. The molecule has 10 heteroatoms. The van der Waals surface area contributed by atoms with Gasteiger partial charge in [-0.2, -0.15) is 0 Å². The van der Waals surface area contributed by atoms with E-state index in [-0.39, 0.29) is 34.6 Å². The first-order valence-electron chi connectivity index (χ1n) is 9.95. The number of hydrogen-bond acceptors (Lipinski definition) is 8. The van der Waals surface area contributed by atoms with Crippen molar-refractivity contribution in [1.29, 1.82) is 5.41 Å². The maximum atomic E-state index is 14.2. The van der Waals surface area contributed by atoms with E-state index in [1.807, 2.05) is 0 Å². The van der Waals surface area contributed by atoms with Gasteiger partial charge in [-0.15, -0.1) is 0 Å². The minimum absolute atomic E-state index is 0.0862. The zero-order valence-electron chi connectivity index (χ0n) is 17.3. The van der Waals surface area contributed by atoms with Crippen LogP contribution < -0.4 is 15.4 Å². The van der Waals surface area contributed by atoms with E-state index in [2.05, 4.69) is 9.88 Å². The van der Waals surface area contributed by atoms with Gasteiger partial charge in [-0.3, -0.25) is 10.2 Å². The van der Waals surface area contributed by atoms with Gasteiger partial charge >= 0.3 is 11.9 Å². The Labute approximate surface area is 187 Å². The van der Waals surface area contributed by atoms with Crippen molar-refractivity contribution in [2.75, 3.05) is 25.1 Å². The predicted octanol–water partition coefficient (Wildman–Crippen LogP) is 3.33. The summed E-state index contributed by atoms with van der Waals surface area (Å²) in [4.78, 5) is 31.0. The van der Waals surface area contributed by atoms with E-state index in [1.54, 1.807) is 18.2 Å². The number of thiazole rings is 1. The van der Waals surface area contributed by atoms with Crippen molar-refractivity contribution in [2.24, 2.45) is 11.7 Å². The van der Waals surface area contributed by atoms with E-state index in [0.29, 0.717) is 25.9 Å². The first kappa shape index (κ1) is 21.7. The first-order valence-corrected chi connectivity index (χ1v) is 10.8. The van der Waals surface area contributed by atoms with Crippen LogP contribution in [0.5, 0.6) is 5.75 Å². The van der Waals surface area contributed by atoms with Crippen molar-refractivity contribution < 1.29 is 23.5 Å². The van der Waals surface area contributed by atoms with Crippen LogP contribution in [0.2, 0.25) is 0 Å². The lowest BCUT2D eigenvalue weighted by Crippen LogP contribution is -2.36. The van der Waals surface area contributed by atoms with Crippen LogP contribution in [-0.2, 0) is 9.53 Å². The van der Waals surface area contributed by atoms with Crippen molar-refractivity contribution in [3.05, 3.63) is 53.3 Å². The van der Waals surface area contributed by atoms with Crippen LogP contribution >= 0.6 is 11.3 Å². The second-order valence-corrected chi connectivity index (χ2v) is 8.42. The zero-order valence-corrected chi connectivity index (χ0v) is 18.1. The number of nitrogens with one attached hydrogen (secondary N) is 1. The highest BCUT2D eigenvalue weighted by molar-refractivity contribution is 7.22. The van der Waals surface area contributed by atoms with Gasteiger partial charge in [0.15, 0.2) is 16.7 Å². The van der Waals surface area contributed by atoms with Crippen molar-refractivity contribution in [3.8, 4) is 5.75 Å². The molecule has 2 heterocycles. The number of carbonyl (C=O) groups is 2. The summed E-state index contributed by atoms with van der Waals surface area (Å²) < 4.78 is 25.0. The number of carbonyl (C=O) groups excluding carboxylic acids is 2. The number of fused-ring (bicyclic) bond motifs is 1. The summed E-state index contributed by atoms with van der Waals surface area (Å²) in [5.41, 5.74) is 6.56. The number of nitrogens with zero attached hydrogens (tertiary/aromatic N) is 2. The molecule has 1 aromatic heterocycles. The number of nitrogens with two attached hydrogens (primary N) is 1. The van der Waals surface area contributed by atoms with E-state index >= 15 is 0 Å². The van der Waals surface area contributed by atoms with Crippen molar-refractivity contribution in [2.45, 2.75) is 12.8 Å². The molecular formula is C22H21FN4O4S. The molecule has 0 bridgehead atoms. The molecule has 0 saturated carbocycles.